The summed E-state index contributed by atoms with van der Waals surface area (Å²) in [6.07, 6.45) is 3.52. The zero-order valence-electron chi connectivity index (χ0n) is 16.5. The number of thiophene rings is 1. The highest BCUT2D eigenvalue weighted by Crippen LogP contribution is 2.43. The fraction of sp³-hybridized carbons (Fsp3) is 0.250. The summed E-state index contributed by atoms with van der Waals surface area (Å²) in [4.78, 5) is 21.2. The second kappa shape index (κ2) is 8.01. The van der Waals surface area contributed by atoms with Gasteiger partial charge < -0.3 is 0 Å². The number of carbonyl (C=O) groups excluding carboxylic acids is 1. The smallest absolute Gasteiger partial charge is 0.167 e. The van der Waals surface area contributed by atoms with Crippen LogP contribution in [-0.2, 0) is 11.3 Å². The summed E-state index contributed by atoms with van der Waals surface area (Å²) in [6, 6.07) is 16.0. The first kappa shape index (κ1) is 19.7. The fourth-order valence-electron chi connectivity index (χ4n) is 3.96. The predicted octanol–water partition coefficient (Wildman–Crippen LogP) is 5.52. The Balaban J connectivity index is 1.87. The molecule has 29 heavy (non-hydrogen) atoms. The number of aromatic nitrogens is 1. The molecule has 1 aromatic carbocycles. The van der Waals surface area contributed by atoms with Crippen molar-refractivity contribution in [2.75, 3.05) is 6.54 Å². The minimum absolute atomic E-state index is 0.0406. The summed E-state index contributed by atoms with van der Waals surface area (Å²) in [7, 11) is 0. The molecule has 1 aliphatic heterocycles. The normalized spacial score (nSPS) is 20.9. The molecule has 1 aliphatic rings. The third-order valence-electron chi connectivity index (χ3n) is 5.26. The Morgan fingerprint density at radius 3 is 2.66 bits per heavy atom. The van der Waals surface area contributed by atoms with Gasteiger partial charge in [0.15, 0.2) is 5.78 Å². The van der Waals surface area contributed by atoms with Crippen LogP contribution in [0.1, 0.15) is 36.0 Å². The van der Waals surface area contributed by atoms with Crippen molar-refractivity contribution in [2.45, 2.75) is 26.4 Å². The van der Waals surface area contributed by atoms with E-state index < -0.39 is 11.5 Å². The molecule has 148 valence electrons. The van der Waals surface area contributed by atoms with E-state index >= 15 is 0 Å². The quantitative estimate of drug-likeness (QED) is 0.535. The summed E-state index contributed by atoms with van der Waals surface area (Å²) >= 11 is 1.67. The molecule has 0 amide bonds. The topological polar surface area (TPSA) is 33.2 Å². The van der Waals surface area contributed by atoms with E-state index in [4.69, 9.17) is 0 Å². The average molecular weight is 407 g/mol. The van der Waals surface area contributed by atoms with Crippen molar-refractivity contribution in [1.82, 2.24) is 9.88 Å². The minimum atomic E-state index is -0.570. The molecule has 2 aromatic heterocycles. The lowest BCUT2D eigenvalue weighted by Gasteiger charge is -2.44. The van der Waals surface area contributed by atoms with Gasteiger partial charge >= 0.3 is 0 Å². The standard InChI is InChI=1S/C24H23FN2OS/c1-24(2)16-27(15-18-9-7-13-29-18)22(19-10-3-4-11-21(19)25)20(23(24)28)14-17-8-5-6-12-26-17/h3-14,22H,15-16H2,1-2H3/b20-14-. The van der Waals surface area contributed by atoms with Gasteiger partial charge in [0.25, 0.3) is 0 Å². The van der Waals surface area contributed by atoms with Crippen molar-refractivity contribution in [3.05, 3.63) is 93.7 Å². The van der Waals surface area contributed by atoms with Crippen molar-refractivity contribution in [1.29, 1.82) is 0 Å². The average Bonchev–Trinajstić information content (AvgIpc) is 3.21. The zero-order chi connectivity index (χ0) is 20.4. The maximum Gasteiger partial charge on any atom is 0.167 e. The minimum Gasteiger partial charge on any atom is -0.294 e. The number of rotatable bonds is 4. The van der Waals surface area contributed by atoms with Gasteiger partial charge in [-0.15, -0.1) is 11.3 Å². The van der Waals surface area contributed by atoms with Crippen LogP contribution in [0, 0.1) is 11.2 Å². The molecule has 0 spiro atoms. The van der Waals surface area contributed by atoms with E-state index in [0.717, 1.165) is 0 Å². The molecule has 1 saturated heterocycles. The largest absolute Gasteiger partial charge is 0.294 e. The number of pyridine rings is 1. The van der Waals surface area contributed by atoms with Gasteiger partial charge in [0.1, 0.15) is 5.82 Å². The van der Waals surface area contributed by atoms with Crippen LogP contribution >= 0.6 is 11.3 Å². The highest BCUT2D eigenvalue weighted by molar-refractivity contribution is 7.09. The van der Waals surface area contributed by atoms with E-state index in [1.54, 1.807) is 29.7 Å². The molecule has 3 nitrogen and oxygen atoms in total. The molecule has 0 radical (unpaired) electrons. The Morgan fingerprint density at radius 2 is 1.97 bits per heavy atom. The van der Waals surface area contributed by atoms with Crippen LogP contribution < -0.4 is 0 Å². The first-order chi connectivity index (χ1) is 14.0. The third-order valence-corrected chi connectivity index (χ3v) is 6.13. The number of carbonyl (C=O) groups is 1. The van der Waals surface area contributed by atoms with Gasteiger partial charge in [-0.25, -0.2) is 4.39 Å². The van der Waals surface area contributed by atoms with Gasteiger partial charge in [-0.1, -0.05) is 44.2 Å². The van der Waals surface area contributed by atoms with Crippen molar-refractivity contribution < 1.29 is 9.18 Å². The Hall–Kier alpha value is -2.63. The molecule has 0 saturated carbocycles. The molecule has 3 heterocycles. The maximum absolute atomic E-state index is 14.9. The van der Waals surface area contributed by atoms with Gasteiger partial charge in [0, 0.05) is 40.7 Å². The molecular weight excluding hydrogens is 383 g/mol. The summed E-state index contributed by atoms with van der Waals surface area (Å²) < 4.78 is 14.9. The van der Waals surface area contributed by atoms with E-state index in [1.165, 1.54) is 10.9 Å². The lowest BCUT2D eigenvalue weighted by atomic mass is 9.74. The van der Waals surface area contributed by atoms with E-state index in [-0.39, 0.29) is 11.6 Å². The summed E-state index contributed by atoms with van der Waals surface area (Å²) in [5.41, 5.74) is 1.24. The molecular formula is C24H23FN2OS. The number of hydrogen-bond donors (Lipinski definition) is 0. The van der Waals surface area contributed by atoms with E-state index in [2.05, 4.69) is 16.0 Å². The van der Waals surface area contributed by atoms with E-state index in [1.807, 2.05) is 55.6 Å². The van der Waals surface area contributed by atoms with Crippen molar-refractivity contribution >= 4 is 23.2 Å². The van der Waals surface area contributed by atoms with Crippen molar-refractivity contribution in [3.63, 3.8) is 0 Å². The molecule has 1 unspecified atom stereocenters. The zero-order valence-corrected chi connectivity index (χ0v) is 17.3. The Labute approximate surface area is 174 Å². The Kier molecular flexibility index (Phi) is 5.43. The number of nitrogens with zero attached hydrogens (tertiary/aromatic N) is 2. The highest BCUT2D eigenvalue weighted by atomic mass is 32.1. The SMILES string of the molecule is CC1(C)CN(Cc2cccs2)C(c2ccccc2F)/C(=C/c2ccccn2)C1=O. The highest BCUT2D eigenvalue weighted by Gasteiger charge is 2.44. The van der Waals surface area contributed by atoms with Crippen LogP contribution in [0.25, 0.3) is 6.08 Å². The molecule has 4 rings (SSSR count). The number of ketones is 1. The van der Waals surface area contributed by atoms with E-state index in [0.29, 0.717) is 29.9 Å². The van der Waals surface area contributed by atoms with Crippen molar-refractivity contribution in [3.8, 4) is 0 Å². The summed E-state index contributed by atoms with van der Waals surface area (Å²) in [5, 5.41) is 2.04. The van der Waals surface area contributed by atoms with Gasteiger partial charge in [-0.3, -0.25) is 14.7 Å². The maximum atomic E-state index is 14.9. The molecule has 5 heteroatoms. The van der Waals surface area contributed by atoms with Crippen LogP contribution in [0.5, 0.6) is 0 Å². The van der Waals surface area contributed by atoms with Crippen LogP contribution in [0.3, 0.4) is 0 Å². The monoisotopic (exact) mass is 406 g/mol. The van der Waals surface area contributed by atoms with Gasteiger partial charge in [-0.2, -0.15) is 0 Å². The Bertz CT molecular complexity index is 1030. The molecule has 1 fully saturated rings. The molecule has 0 N–H and O–H groups in total. The molecule has 3 aromatic rings. The Morgan fingerprint density at radius 1 is 1.17 bits per heavy atom. The second-order valence-corrected chi connectivity index (χ2v) is 9.01. The number of benzene rings is 1. The second-order valence-electron chi connectivity index (χ2n) is 7.98. The van der Waals surface area contributed by atoms with Crippen LogP contribution in [0.4, 0.5) is 4.39 Å². The first-order valence-electron chi connectivity index (χ1n) is 9.64. The number of Topliss-reactive ketones (excluding diaryl/α,β-unsaturated/α-hetero) is 1. The lowest BCUT2D eigenvalue weighted by molar-refractivity contribution is -0.128. The van der Waals surface area contributed by atoms with Crippen LogP contribution in [0.2, 0.25) is 0 Å². The van der Waals surface area contributed by atoms with Gasteiger partial charge in [0.05, 0.1) is 11.7 Å². The first-order valence-corrected chi connectivity index (χ1v) is 10.5. The predicted molar refractivity (Wildman–Crippen MR) is 115 cm³/mol. The van der Waals surface area contributed by atoms with Gasteiger partial charge in [0.2, 0.25) is 0 Å². The van der Waals surface area contributed by atoms with E-state index in [9.17, 15) is 9.18 Å². The van der Waals surface area contributed by atoms with Crippen molar-refractivity contribution in [2.24, 2.45) is 5.41 Å². The molecule has 1 atom stereocenters. The lowest BCUT2D eigenvalue weighted by Crippen LogP contribution is -2.49. The fourth-order valence-corrected chi connectivity index (χ4v) is 4.69. The molecule has 0 aliphatic carbocycles. The number of piperidine rings is 1. The number of halogens is 1. The van der Waals surface area contributed by atoms with Crippen LogP contribution in [-0.4, -0.2) is 22.2 Å². The number of likely N-dealkylation sites (tertiary alicyclic amines) is 1. The summed E-state index contributed by atoms with van der Waals surface area (Å²) in [6.45, 7) is 5.14. The van der Waals surface area contributed by atoms with Gasteiger partial charge in [-0.05, 0) is 35.7 Å². The summed E-state index contributed by atoms with van der Waals surface area (Å²) in [5.74, 6) is -0.257. The molecule has 0 bridgehead atoms. The number of hydrogen-bond acceptors (Lipinski definition) is 4. The van der Waals surface area contributed by atoms with Crippen LogP contribution in [0.15, 0.2) is 71.7 Å². The third kappa shape index (κ3) is 4.07.